The summed E-state index contributed by atoms with van der Waals surface area (Å²) in [6.07, 6.45) is 5.49. The molecule has 6 heteroatoms. The lowest BCUT2D eigenvalue weighted by atomic mass is 10.1. The van der Waals surface area contributed by atoms with Crippen LogP contribution in [0.1, 0.15) is 61.9 Å². The summed E-state index contributed by atoms with van der Waals surface area (Å²) in [5, 5.41) is 5.95. The summed E-state index contributed by atoms with van der Waals surface area (Å²) in [7, 11) is 1.59. The first kappa shape index (κ1) is 27.8. The summed E-state index contributed by atoms with van der Waals surface area (Å²) >= 11 is 0. The number of hydrogen-bond donors (Lipinski definition) is 2. The first-order valence-electron chi connectivity index (χ1n) is 13.1. The fourth-order valence-electron chi connectivity index (χ4n) is 4.06. The van der Waals surface area contributed by atoms with E-state index in [0.29, 0.717) is 23.7 Å². The Morgan fingerprint density at radius 2 is 1.30 bits per heavy atom. The minimum Gasteiger partial charge on any atom is -0.493 e. The molecule has 196 valence electrons. The zero-order valence-electron chi connectivity index (χ0n) is 21.9. The molecule has 0 saturated heterocycles. The van der Waals surface area contributed by atoms with Crippen LogP contribution in [0.25, 0.3) is 0 Å². The maximum atomic E-state index is 12.9. The van der Waals surface area contributed by atoms with Crippen molar-refractivity contribution in [2.24, 2.45) is 0 Å². The van der Waals surface area contributed by atoms with Gasteiger partial charge in [-0.25, -0.2) is 0 Å². The van der Waals surface area contributed by atoms with E-state index < -0.39 is 6.17 Å². The highest BCUT2D eigenvalue weighted by molar-refractivity contribution is 5.82. The van der Waals surface area contributed by atoms with Gasteiger partial charge in [0.1, 0.15) is 6.17 Å². The molecule has 0 aromatic heterocycles. The highest BCUT2D eigenvalue weighted by atomic mass is 16.5. The summed E-state index contributed by atoms with van der Waals surface area (Å²) in [4.78, 5) is 25.8. The van der Waals surface area contributed by atoms with Gasteiger partial charge in [0.05, 0.1) is 26.6 Å². The number of hydrogen-bond acceptors (Lipinski definition) is 4. The van der Waals surface area contributed by atoms with Crippen LogP contribution in [-0.2, 0) is 22.4 Å². The van der Waals surface area contributed by atoms with E-state index >= 15 is 0 Å². The lowest BCUT2D eigenvalue weighted by molar-refractivity contribution is -0.123. The third-order valence-corrected chi connectivity index (χ3v) is 6.05. The van der Waals surface area contributed by atoms with Crippen LogP contribution in [0.4, 0.5) is 0 Å². The van der Waals surface area contributed by atoms with E-state index in [0.717, 1.165) is 24.0 Å². The summed E-state index contributed by atoms with van der Waals surface area (Å²) in [6, 6.07) is 24.5. The maximum absolute atomic E-state index is 12.9. The van der Waals surface area contributed by atoms with E-state index in [1.54, 1.807) is 7.11 Å². The number of nitrogens with one attached hydrogen (secondary N) is 2. The molecule has 0 bridgehead atoms. The molecule has 3 aromatic carbocycles. The standard InChI is InChI=1S/C31H38N2O4/c1-3-4-5-6-13-20-37-27-19-18-26(23-28(27)36-2)31(32-29(34)21-24-14-9-7-10-15-24)33-30(35)22-25-16-11-8-12-17-25/h7-12,14-19,23,31H,3-6,13,20-22H2,1-2H3,(H,32,34)(H,33,35). The minimum absolute atomic E-state index is 0.192. The van der Waals surface area contributed by atoms with Crippen LogP contribution in [0.15, 0.2) is 78.9 Å². The van der Waals surface area contributed by atoms with Crippen molar-refractivity contribution in [3.8, 4) is 11.5 Å². The smallest absolute Gasteiger partial charge is 0.226 e. The molecule has 3 rings (SSSR count). The molecule has 0 aliphatic rings. The van der Waals surface area contributed by atoms with Gasteiger partial charge in [-0.3, -0.25) is 9.59 Å². The van der Waals surface area contributed by atoms with Gasteiger partial charge >= 0.3 is 0 Å². The average Bonchev–Trinajstić information content (AvgIpc) is 2.91. The van der Waals surface area contributed by atoms with E-state index in [4.69, 9.17) is 9.47 Å². The molecule has 0 heterocycles. The van der Waals surface area contributed by atoms with Crippen molar-refractivity contribution in [3.63, 3.8) is 0 Å². The predicted molar refractivity (Wildman–Crippen MR) is 147 cm³/mol. The topological polar surface area (TPSA) is 76.7 Å². The van der Waals surface area contributed by atoms with Crippen molar-refractivity contribution in [2.75, 3.05) is 13.7 Å². The summed E-state index contributed by atoms with van der Waals surface area (Å²) < 4.78 is 11.5. The summed E-state index contributed by atoms with van der Waals surface area (Å²) in [5.74, 6) is 0.822. The molecule has 3 aromatic rings. The fraction of sp³-hybridized carbons (Fsp3) is 0.355. The number of amides is 2. The van der Waals surface area contributed by atoms with E-state index in [2.05, 4.69) is 17.6 Å². The SMILES string of the molecule is CCCCCCCOc1ccc(C(NC(=O)Cc2ccccc2)NC(=O)Cc2ccccc2)cc1OC. The Hall–Kier alpha value is -3.80. The summed E-state index contributed by atoms with van der Waals surface area (Å²) in [6.45, 7) is 2.81. The molecular formula is C31H38N2O4. The lowest BCUT2D eigenvalue weighted by Gasteiger charge is -2.22. The van der Waals surface area contributed by atoms with Crippen LogP contribution in [-0.4, -0.2) is 25.5 Å². The number of unbranched alkanes of at least 4 members (excludes halogenated alkanes) is 4. The molecule has 0 saturated carbocycles. The van der Waals surface area contributed by atoms with Gasteiger partial charge in [-0.2, -0.15) is 0 Å². The van der Waals surface area contributed by atoms with Crippen LogP contribution >= 0.6 is 0 Å². The Morgan fingerprint density at radius 3 is 1.84 bits per heavy atom. The number of rotatable bonds is 15. The van der Waals surface area contributed by atoms with Crippen molar-refractivity contribution >= 4 is 11.8 Å². The first-order chi connectivity index (χ1) is 18.1. The molecule has 0 spiro atoms. The summed E-state index contributed by atoms with van der Waals surface area (Å²) in [5.41, 5.74) is 2.50. The van der Waals surface area contributed by atoms with Crippen molar-refractivity contribution < 1.29 is 19.1 Å². The largest absolute Gasteiger partial charge is 0.493 e. The van der Waals surface area contributed by atoms with Gasteiger partial charge in [0.15, 0.2) is 11.5 Å². The quantitative estimate of drug-likeness (QED) is 0.205. The Kier molecular flexibility index (Phi) is 11.5. The van der Waals surface area contributed by atoms with Gasteiger partial charge < -0.3 is 20.1 Å². The van der Waals surface area contributed by atoms with Crippen molar-refractivity contribution in [1.82, 2.24) is 10.6 Å². The minimum atomic E-state index is -0.718. The highest BCUT2D eigenvalue weighted by Crippen LogP contribution is 2.30. The Bertz CT molecular complexity index is 1050. The number of benzene rings is 3. The first-order valence-corrected chi connectivity index (χ1v) is 13.1. The van der Waals surface area contributed by atoms with Gasteiger partial charge in [-0.15, -0.1) is 0 Å². The van der Waals surface area contributed by atoms with Crippen LogP contribution in [0.5, 0.6) is 11.5 Å². The second-order valence-electron chi connectivity index (χ2n) is 9.07. The molecular weight excluding hydrogens is 464 g/mol. The molecule has 0 radical (unpaired) electrons. The molecule has 0 unspecified atom stereocenters. The van der Waals surface area contributed by atoms with Crippen molar-refractivity contribution in [3.05, 3.63) is 95.6 Å². The number of methoxy groups -OCH3 is 1. The Balaban J connectivity index is 1.71. The van der Waals surface area contributed by atoms with Crippen molar-refractivity contribution in [2.45, 2.75) is 58.0 Å². The predicted octanol–water partition coefficient (Wildman–Crippen LogP) is 5.76. The van der Waals surface area contributed by atoms with Gasteiger partial charge in [-0.1, -0.05) is 99.3 Å². The number of carbonyl (C=O) groups excluding carboxylic acids is 2. The fourth-order valence-corrected chi connectivity index (χ4v) is 4.06. The van der Waals surface area contributed by atoms with Gasteiger partial charge in [0.25, 0.3) is 0 Å². The van der Waals surface area contributed by atoms with E-state index in [1.807, 2.05) is 78.9 Å². The molecule has 0 aliphatic heterocycles. The highest BCUT2D eigenvalue weighted by Gasteiger charge is 2.20. The molecule has 0 fully saturated rings. The molecule has 2 N–H and O–H groups in total. The van der Waals surface area contributed by atoms with Gasteiger partial charge in [-0.05, 0) is 35.2 Å². The normalized spacial score (nSPS) is 10.7. The van der Waals surface area contributed by atoms with E-state index in [9.17, 15) is 9.59 Å². The number of ether oxygens (including phenoxy) is 2. The maximum Gasteiger partial charge on any atom is 0.226 e. The van der Waals surface area contributed by atoms with Crippen LogP contribution in [0, 0.1) is 0 Å². The lowest BCUT2D eigenvalue weighted by Crippen LogP contribution is -2.42. The Morgan fingerprint density at radius 1 is 0.730 bits per heavy atom. The zero-order chi connectivity index (χ0) is 26.3. The third-order valence-electron chi connectivity index (χ3n) is 6.05. The second-order valence-corrected chi connectivity index (χ2v) is 9.07. The van der Waals surface area contributed by atoms with E-state index in [-0.39, 0.29) is 24.7 Å². The van der Waals surface area contributed by atoms with Crippen molar-refractivity contribution in [1.29, 1.82) is 0 Å². The number of carbonyl (C=O) groups is 2. The van der Waals surface area contributed by atoms with Crippen LogP contribution in [0.3, 0.4) is 0 Å². The second kappa shape index (κ2) is 15.3. The monoisotopic (exact) mass is 502 g/mol. The van der Waals surface area contributed by atoms with Gasteiger partial charge in [0.2, 0.25) is 11.8 Å². The molecule has 2 amide bonds. The molecule has 37 heavy (non-hydrogen) atoms. The molecule has 6 nitrogen and oxygen atoms in total. The molecule has 0 atom stereocenters. The van der Waals surface area contributed by atoms with E-state index in [1.165, 1.54) is 19.3 Å². The van der Waals surface area contributed by atoms with Crippen LogP contribution in [0.2, 0.25) is 0 Å². The zero-order valence-corrected chi connectivity index (χ0v) is 21.9. The Labute approximate surface area is 220 Å². The average molecular weight is 503 g/mol. The molecule has 0 aliphatic carbocycles. The van der Waals surface area contributed by atoms with Crippen LogP contribution < -0.4 is 20.1 Å². The van der Waals surface area contributed by atoms with Gasteiger partial charge in [0, 0.05) is 0 Å². The third kappa shape index (κ3) is 9.64.